The number of quaternary nitrogens is 1. The maximum Gasteiger partial charge on any atom is 0.306 e. The molecular formula is C58H100NO8P. The van der Waals surface area contributed by atoms with Gasteiger partial charge in [0.25, 0.3) is 7.82 Å². The van der Waals surface area contributed by atoms with Gasteiger partial charge in [0.15, 0.2) is 6.10 Å². The van der Waals surface area contributed by atoms with Crippen LogP contribution in [0.1, 0.15) is 206 Å². The van der Waals surface area contributed by atoms with Crippen LogP contribution in [0.3, 0.4) is 0 Å². The fraction of sp³-hybridized carbons (Fsp3) is 0.690. The second-order valence-electron chi connectivity index (χ2n) is 18.9. The van der Waals surface area contributed by atoms with E-state index in [-0.39, 0.29) is 26.1 Å². The summed E-state index contributed by atoms with van der Waals surface area (Å²) < 4.78 is 34.0. The minimum Gasteiger partial charge on any atom is -0.756 e. The maximum atomic E-state index is 12.7. The minimum atomic E-state index is -4.65. The van der Waals surface area contributed by atoms with Crippen LogP contribution in [0.25, 0.3) is 0 Å². The van der Waals surface area contributed by atoms with E-state index < -0.39 is 32.5 Å². The maximum absolute atomic E-state index is 12.7. The van der Waals surface area contributed by atoms with Gasteiger partial charge in [0.1, 0.15) is 19.8 Å². The lowest BCUT2D eigenvalue weighted by molar-refractivity contribution is -0.870. The third kappa shape index (κ3) is 52.3. The number of likely N-dealkylation sites (N-methyl/N-ethyl adjacent to an activating group) is 1. The Bertz CT molecular complexity index is 1470. The molecule has 10 heteroatoms. The SMILES string of the molecule is CC/C=C\C/C=C\C/C=C\C/C=C\C/C=C\CCCC(=O)OC(COC(=O)CCCCCCCCCCCCCC/C=C\C/C=C\C/C=C\CCCCCCC)COP(=O)([O-])OCC[N+](C)(C)C. The molecule has 0 aliphatic carbocycles. The first kappa shape index (κ1) is 64.9. The molecule has 390 valence electrons. The molecule has 0 rings (SSSR count). The lowest BCUT2D eigenvalue weighted by atomic mass is 10.0. The first-order valence-electron chi connectivity index (χ1n) is 26.9. The normalized spacial score (nSPS) is 14.1. The molecule has 0 amide bonds. The Morgan fingerprint density at radius 3 is 1.29 bits per heavy atom. The summed E-state index contributed by atoms with van der Waals surface area (Å²) in [5, 5.41) is 0. The zero-order chi connectivity index (χ0) is 49.9. The standard InChI is InChI=1S/C58H100NO8P/c1-6-8-10-12-14-16-18-20-22-24-25-26-27-28-29-30-31-32-33-35-36-38-40-42-44-46-48-50-57(60)64-54-56(55-66-68(62,63)65-53-52-59(3,4)5)67-58(61)51-49-47-45-43-41-39-37-34-23-21-19-17-15-13-11-9-7-2/h9,11,15,17-18,20-21,23-25,27-28,37,39,43,45,56H,6-8,10,12-14,16,19,22,26,29-36,38,40-42,44,46-55H2,1-5H3/b11-9-,17-15-,20-18-,23-21-,25-24-,28-27-,39-37-,45-43-. The molecule has 2 unspecified atom stereocenters. The largest absolute Gasteiger partial charge is 0.756 e. The molecule has 2 atom stereocenters. The van der Waals surface area contributed by atoms with Gasteiger partial charge >= 0.3 is 11.9 Å². The minimum absolute atomic E-state index is 0.0466. The predicted octanol–water partition coefficient (Wildman–Crippen LogP) is 15.8. The summed E-state index contributed by atoms with van der Waals surface area (Å²) in [6, 6.07) is 0. The van der Waals surface area contributed by atoms with E-state index >= 15 is 0 Å². The highest BCUT2D eigenvalue weighted by Gasteiger charge is 2.21. The zero-order valence-electron chi connectivity index (χ0n) is 44.0. The van der Waals surface area contributed by atoms with Crippen molar-refractivity contribution in [1.82, 2.24) is 0 Å². The molecule has 68 heavy (non-hydrogen) atoms. The highest BCUT2D eigenvalue weighted by molar-refractivity contribution is 7.45. The molecule has 0 aromatic heterocycles. The molecule has 0 aliphatic rings. The summed E-state index contributed by atoms with van der Waals surface area (Å²) in [5.41, 5.74) is 0. The topological polar surface area (TPSA) is 111 Å². The molecule has 0 radical (unpaired) electrons. The number of allylic oxidation sites excluding steroid dienone is 16. The van der Waals surface area contributed by atoms with Crippen molar-refractivity contribution < 1.29 is 42.1 Å². The molecule has 0 N–H and O–H groups in total. The van der Waals surface area contributed by atoms with Gasteiger partial charge in [0.05, 0.1) is 27.7 Å². The van der Waals surface area contributed by atoms with Gasteiger partial charge in [-0.25, -0.2) is 0 Å². The van der Waals surface area contributed by atoms with Crippen molar-refractivity contribution in [1.29, 1.82) is 0 Å². The number of ether oxygens (including phenoxy) is 2. The number of hydrogen-bond acceptors (Lipinski definition) is 8. The van der Waals surface area contributed by atoms with Gasteiger partial charge in [0, 0.05) is 12.8 Å². The van der Waals surface area contributed by atoms with Gasteiger partial charge in [-0.05, 0) is 89.9 Å². The van der Waals surface area contributed by atoms with E-state index in [1.54, 1.807) is 0 Å². The number of carbonyl (C=O) groups is 2. The third-order valence-electron chi connectivity index (χ3n) is 11.1. The van der Waals surface area contributed by atoms with Crippen LogP contribution in [-0.4, -0.2) is 70.0 Å². The number of esters is 2. The van der Waals surface area contributed by atoms with Crippen molar-refractivity contribution in [2.75, 3.05) is 47.5 Å². The van der Waals surface area contributed by atoms with Crippen LogP contribution in [0.5, 0.6) is 0 Å². The molecule has 0 saturated carbocycles. The van der Waals surface area contributed by atoms with E-state index in [4.69, 9.17) is 18.5 Å². The lowest BCUT2D eigenvalue weighted by Crippen LogP contribution is -2.37. The van der Waals surface area contributed by atoms with E-state index in [2.05, 4.69) is 105 Å². The number of unbranched alkanes of at least 4 members (excludes halogenated alkanes) is 18. The van der Waals surface area contributed by atoms with Crippen molar-refractivity contribution in [3.8, 4) is 0 Å². The van der Waals surface area contributed by atoms with E-state index in [0.717, 1.165) is 64.2 Å². The number of rotatable bonds is 48. The van der Waals surface area contributed by atoms with Gasteiger partial charge in [-0.1, -0.05) is 201 Å². The smallest absolute Gasteiger partial charge is 0.306 e. The summed E-state index contributed by atoms with van der Waals surface area (Å²) in [5.74, 6) is -0.909. The third-order valence-corrected chi connectivity index (χ3v) is 12.1. The summed E-state index contributed by atoms with van der Waals surface area (Å²) in [6.07, 6.45) is 66.0. The van der Waals surface area contributed by atoms with Crippen LogP contribution in [0.15, 0.2) is 97.2 Å². The molecule has 0 spiro atoms. The Kier molecular flexibility index (Phi) is 46.7. The molecule has 0 aromatic rings. The number of carbonyl (C=O) groups excluding carboxylic acids is 2. The average molecular weight is 970 g/mol. The Labute approximate surface area is 417 Å². The van der Waals surface area contributed by atoms with Crippen LogP contribution in [0.2, 0.25) is 0 Å². The monoisotopic (exact) mass is 970 g/mol. The fourth-order valence-electron chi connectivity index (χ4n) is 6.93. The van der Waals surface area contributed by atoms with Crippen molar-refractivity contribution in [3.63, 3.8) is 0 Å². The highest BCUT2D eigenvalue weighted by Crippen LogP contribution is 2.38. The summed E-state index contributed by atoms with van der Waals surface area (Å²) in [4.78, 5) is 37.7. The van der Waals surface area contributed by atoms with Crippen molar-refractivity contribution in [2.45, 2.75) is 213 Å². The van der Waals surface area contributed by atoms with Gasteiger partial charge in [-0.2, -0.15) is 0 Å². The molecule has 0 heterocycles. The Balaban J connectivity index is 4.25. The molecule has 0 saturated heterocycles. The second-order valence-corrected chi connectivity index (χ2v) is 20.3. The first-order chi connectivity index (χ1) is 33.0. The van der Waals surface area contributed by atoms with Gasteiger partial charge in [-0.15, -0.1) is 0 Å². The number of phosphoric ester groups is 1. The molecule has 0 aromatic carbocycles. The van der Waals surface area contributed by atoms with Crippen molar-refractivity contribution in [3.05, 3.63) is 97.2 Å². The lowest BCUT2D eigenvalue weighted by Gasteiger charge is -2.28. The van der Waals surface area contributed by atoms with E-state index in [1.165, 1.54) is 96.3 Å². The first-order valence-corrected chi connectivity index (χ1v) is 28.4. The number of phosphoric acid groups is 1. The summed E-state index contributed by atoms with van der Waals surface area (Å²) in [7, 11) is 1.12. The Morgan fingerprint density at radius 2 is 0.853 bits per heavy atom. The van der Waals surface area contributed by atoms with Gasteiger partial charge in [0.2, 0.25) is 0 Å². The van der Waals surface area contributed by atoms with Crippen LogP contribution in [-0.2, 0) is 32.7 Å². The van der Waals surface area contributed by atoms with Crippen LogP contribution in [0, 0.1) is 0 Å². The van der Waals surface area contributed by atoms with Crippen molar-refractivity contribution in [2.24, 2.45) is 0 Å². The number of hydrogen-bond donors (Lipinski definition) is 0. The van der Waals surface area contributed by atoms with E-state index in [0.29, 0.717) is 30.3 Å². The number of nitrogens with zero attached hydrogens (tertiary/aromatic N) is 1. The van der Waals surface area contributed by atoms with Crippen LogP contribution >= 0.6 is 7.82 Å². The average Bonchev–Trinajstić information content (AvgIpc) is 3.30. The molecule has 0 fully saturated rings. The van der Waals surface area contributed by atoms with Gasteiger partial charge < -0.3 is 27.9 Å². The van der Waals surface area contributed by atoms with Crippen molar-refractivity contribution >= 4 is 19.8 Å². The van der Waals surface area contributed by atoms with E-state index in [1.807, 2.05) is 27.2 Å². The Hall–Kier alpha value is -3.07. The molecule has 0 aliphatic heterocycles. The summed E-state index contributed by atoms with van der Waals surface area (Å²) in [6.45, 7) is 4.03. The molecule has 9 nitrogen and oxygen atoms in total. The highest BCUT2D eigenvalue weighted by atomic mass is 31.2. The van der Waals surface area contributed by atoms with Gasteiger partial charge in [-0.3, -0.25) is 14.2 Å². The Morgan fingerprint density at radius 1 is 0.471 bits per heavy atom. The fourth-order valence-corrected chi connectivity index (χ4v) is 7.66. The predicted molar refractivity (Wildman–Crippen MR) is 286 cm³/mol. The zero-order valence-corrected chi connectivity index (χ0v) is 44.9. The quantitative estimate of drug-likeness (QED) is 0.0195. The van der Waals surface area contributed by atoms with Crippen LogP contribution < -0.4 is 4.89 Å². The molecular weight excluding hydrogens is 870 g/mol. The van der Waals surface area contributed by atoms with E-state index in [9.17, 15) is 19.0 Å². The second kappa shape index (κ2) is 48.9. The van der Waals surface area contributed by atoms with Crippen LogP contribution in [0.4, 0.5) is 0 Å². The summed E-state index contributed by atoms with van der Waals surface area (Å²) >= 11 is 0. The molecule has 0 bridgehead atoms.